The number of hydrogen-bond donors (Lipinski definition) is 1. The molecule has 134 valence electrons. The normalized spacial score (nSPS) is 16.4. The molecular formula is C19H22N6O. The lowest BCUT2D eigenvalue weighted by molar-refractivity contribution is -0.116. The first-order chi connectivity index (χ1) is 12.5. The zero-order valence-electron chi connectivity index (χ0n) is 15.2. The lowest BCUT2D eigenvalue weighted by atomic mass is 9.87. The van der Waals surface area contributed by atoms with E-state index in [1.807, 2.05) is 37.0 Å². The van der Waals surface area contributed by atoms with Crippen LogP contribution in [0.3, 0.4) is 0 Å². The minimum absolute atomic E-state index is 0.0385. The first kappa shape index (κ1) is 16.5. The van der Waals surface area contributed by atoms with Gasteiger partial charge in [0.05, 0.1) is 11.4 Å². The van der Waals surface area contributed by atoms with Gasteiger partial charge in [-0.2, -0.15) is 10.2 Å². The van der Waals surface area contributed by atoms with Crippen molar-refractivity contribution in [2.45, 2.75) is 39.2 Å². The third kappa shape index (κ3) is 2.89. The van der Waals surface area contributed by atoms with Crippen LogP contribution in [0.2, 0.25) is 0 Å². The molecule has 0 radical (unpaired) electrons. The fraction of sp³-hybridized carbons (Fsp3) is 0.368. The van der Waals surface area contributed by atoms with E-state index in [9.17, 15) is 4.79 Å². The van der Waals surface area contributed by atoms with E-state index >= 15 is 0 Å². The summed E-state index contributed by atoms with van der Waals surface area (Å²) in [5.74, 6) is 0.932. The van der Waals surface area contributed by atoms with E-state index < -0.39 is 0 Å². The summed E-state index contributed by atoms with van der Waals surface area (Å²) in [7, 11) is 1.86. The summed E-state index contributed by atoms with van der Waals surface area (Å²) in [6.07, 6.45) is 4.87. The van der Waals surface area contributed by atoms with Crippen molar-refractivity contribution in [3.05, 3.63) is 47.5 Å². The molecule has 0 fully saturated rings. The first-order valence-electron chi connectivity index (χ1n) is 8.81. The maximum absolute atomic E-state index is 12.2. The summed E-state index contributed by atoms with van der Waals surface area (Å²) in [6.45, 7) is 4.83. The first-order valence-corrected chi connectivity index (χ1v) is 8.81. The van der Waals surface area contributed by atoms with Crippen LogP contribution in [0.25, 0.3) is 11.3 Å². The number of rotatable bonds is 4. The van der Waals surface area contributed by atoms with Crippen molar-refractivity contribution in [2.24, 2.45) is 7.05 Å². The van der Waals surface area contributed by atoms with Crippen molar-refractivity contribution >= 4 is 11.7 Å². The number of aromatic nitrogens is 5. The average Bonchev–Trinajstić information content (AvgIpc) is 3.12. The Bertz CT molecular complexity index is 956. The topological polar surface area (TPSA) is 77.6 Å². The molecular weight excluding hydrogens is 328 g/mol. The number of carbonyl (C=O) groups is 1. The Hall–Kier alpha value is -2.96. The zero-order valence-corrected chi connectivity index (χ0v) is 15.2. The van der Waals surface area contributed by atoms with E-state index in [1.54, 1.807) is 10.9 Å². The van der Waals surface area contributed by atoms with Crippen molar-refractivity contribution in [3.63, 3.8) is 0 Å². The van der Waals surface area contributed by atoms with Gasteiger partial charge in [-0.1, -0.05) is 0 Å². The summed E-state index contributed by atoms with van der Waals surface area (Å²) >= 11 is 0. The van der Waals surface area contributed by atoms with E-state index in [1.165, 1.54) is 0 Å². The molecule has 1 N–H and O–H groups in total. The molecule has 0 unspecified atom stereocenters. The van der Waals surface area contributed by atoms with Gasteiger partial charge in [-0.15, -0.1) is 0 Å². The fourth-order valence-electron chi connectivity index (χ4n) is 3.73. The molecule has 0 bridgehead atoms. The Morgan fingerprint density at radius 2 is 2.15 bits per heavy atom. The van der Waals surface area contributed by atoms with Crippen LogP contribution >= 0.6 is 0 Å². The summed E-state index contributed by atoms with van der Waals surface area (Å²) < 4.78 is 3.77. The second-order valence-electron chi connectivity index (χ2n) is 6.86. The molecule has 4 rings (SSSR count). The largest absolute Gasteiger partial charge is 0.311 e. The van der Waals surface area contributed by atoms with E-state index in [4.69, 9.17) is 0 Å². The van der Waals surface area contributed by atoms with Gasteiger partial charge in [0.25, 0.3) is 0 Å². The van der Waals surface area contributed by atoms with Crippen LogP contribution < -0.4 is 5.32 Å². The van der Waals surface area contributed by atoms with Crippen molar-refractivity contribution in [2.75, 3.05) is 5.32 Å². The van der Waals surface area contributed by atoms with E-state index in [2.05, 4.69) is 33.5 Å². The second kappa shape index (κ2) is 6.40. The van der Waals surface area contributed by atoms with Gasteiger partial charge in [-0.25, -0.2) is 0 Å². The van der Waals surface area contributed by atoms with E-state index in [-0.39, 0.29) is 11.8 Å². The third-order valence-electron chi connectivity index (χ3n) is 4.91. The maximum atomic E-state index is 12.2. The number of carbonyl (C=O) groups excluding carboxylic acids is 1. The third-order valence-corrected chi connectivity index (χ3v) is 4.91. The second-order valence-corrected chi connectivity index (χ2v) is 6.86. The minimum Gasteiger partial charge on any atom is -0.311 e. The number of fused-ring (bicyclic) bond motifs is 1. The maximum Gasteiger partial charge on any atom is 0.226 e. The van der Waals surface area contributed by atoms with Crippen LogP contribution in [0.15, 0.2) is 30.6 Å². The van der Waals surface area contributed by atoms with Gasteiger partial charge in [0.2, 0.25) is 5.91 Å². The van der Waals surface area contributed by atoms with Crippen LogP contribution in [-0.2, 0) is 18.4 Å². The highest BCUT2D eigenvalue weighted by Crippen LogP contribution is 2.40. The summed E-state index contributed by atoms with van der Waals surface area (Å²) in [5.41, 5.74) is 5.12. The van der Waals surface area contributed by atoms with Crippen molar-refractivity contribution in [1.82, 2.24) is 24.5 Å². The van der Waals surface area contributed by atoms with Gasteiger partial charge in [0.1, 0.15) is 5.82 Å². The predicted molar refractivity (Wildman–Crippen MR) is 98.7 cm³/mol. The Morgan fingerprint density at radius 3 is 2.85 bits per heavy atom. The number of nitrogens with zero attached hydrogens (tertiary/aromatic N) is 5. The molecule has 26 heavy (non-hydrogen) atoms. The Morgan fingerprint density at radius 1 is 1.31 bits per heavy atom. The van der Waals surface area contributed by atoms with Gasteiger partial charge >= 0.3 is 0 Å². The standard InChI is InChI=1S/C19H22N6O/c1-12-9-13(2)25(22-12)8-6-14-10-16(26)21-19-17(14)18(23-24(19)3)15-5-4-7-20-11-15/h4-5,7,9,11,14H,6,8,10H2,1-3H3,(H,21,26)/t14-/m0/s1. The monoisotopic (exact) mass is 350 g/mol. The van der Waals surface area contributed by atoms with Gasteiger partial charge in [-0.05, 0) is 38.5 Å². The van der Waals surface area contributed by atoms with Crippen LogP contribution in [0, 0.1) is 13.8 Å². The molecule has 7 heteroatoms. The quantitative estimate of drug-likeness (QED) is 0.785. The van der Waals surface area contributed by atoms with E-state index in [0.717, 1.165) is 47.0 Å². The predicted octanol–water partition coefficient (Wildman–Crippen LogP) is 2.81. The van der Waals surface area contributed by atoms with Crippen LogP contribution in [-0.4, -0.2) is 30.5 Å². The van der Waals surface area contributed by atoms with E-state index in [0.29, 0.717) is 6.42 Å². The summed E-state index contributed by atoms with van der Waals surface area (Å²) in [5, 5.41) is 12.2. The molecule has 3 aromatic rings. The van der Waals surface area contributed by atoms with Crippen molar-refractivity contribution in [1.29, 1.82) is 0 Å². The Kier molecular flexibility index (Phi) is 4.06. The van der Waals surface area contributed by atoms with Gasteiger partial charge in [0, 0.05) is 55.1 Å². The lowest BCUT2D eigenvalue weighted by Crippen LogP contribution is -2.25. The van der Waals surface area contributed by atoms with Gasteiger partial charge in [0.15, 0.2) is 0 Å². The van der Waals surface area contributed by atoms with Crippen molar-refractivity contribution in [3.8, 4) is 11.3 Å². The summed E-state index contributed by atoms with van der Waals surface area (Å²) in [4.78, 5) is 16.4. The highest BCUT2D eigenvalue weighted by molar-refractivity contribution is 5.95. The Labute approximate surface area is 152 Å². The molecule has 0 saturated heterocycles. The van der Waals surface area contributed by atoms with Crippen LogP contribution in [0.4, 0.5) is 5.82 Å². The van der Waals surface area contributed by atoms with Crippen molar-refractivity contribution < 1.29 is 4.79 Å². The van der Waals surface area contributed by atoms with Crippen LogP contribution in [0.1, 0.15) is 35.7 Å². The van der Waals surface area contributed by atoms with Crippen LogP contribution in [0.5, 0.6) is 0 Å². The highest BCUT2D eigenvalue weighted by Gasteiger charge is 2.32. The zero-order chi connectivity index (χ0) is 18.3. The molecule has 1 aliphatic heterocycles. The number of anilines is 1. The molecule has 7 nitrogen and oxygen atoms in total. The molecule has 0 aromatic carbocycles. The minimum atomic E-state index is 0.0385. The molecule has 1 amide bonds. The lowest BCUT2D eigenvalue weighted by Gasteiger charge is -2.24. The number of aryl methyl sites for hydroxylation is 4. The Balaban J connectivity index is 1.70. The molecule has 0 saturated carbocycles. The number of hydrogen-bond acceptors (Lipinski definition) is 4. The summed E-state index contributed by atoms with van der Waals surface area (Å²) in [6, 6.07) is 5.98. The van der Waals surface area contributed by atoms with Gasteiger partial charge < -0.3 is 5.32 Å². The molecule has 4 heterocycles. The molecule has 0 aliphatic carbocycles. The number of amides is 1. The number of nitrogens with one attached hydrogen (secondary N) is 1. The number of pyridine rings is 1. The smallest absolute Gasteiger partial charge is 0.226 e. The fourth-order valence-corrected chi connectivity index (χ4v) is 3.73. The molecule has 1 aliphatic rings. The molecule has 0 spiro atoms. The molecule has 3 aromatic heterocycles. The SMILES string of the molecule is Cc1cc(C)n(CC[C@H]2CC(=O)Nc3c2c(-c2cccnc2)nn3C)n1. The van der Waals surface area contributed by atoms with Gasteiger partial charge in [-0.3, -0.25) is 19.1 Å². The molecule has 1 atom stereocenters. The average molecular weight is 350 g/mol. The highest BCUT2D eigenvalue weighted by atomic mass is 16.1.